The van der Waals surface area contributed by atoms with Crippen LogP contribution in [-0.2, 0) is 17.7 Å². The molecule has 0 radical (unpaired) electrons. The summed E-state index contributed by atoms with van der Waals surface area (Å²) in [6.45, 7) is 7.66. The summed E-state index contributed by atoms with van der Waals surface area (Å²) >= 11 is 0. The molecule has 6 heteroatoms. The van der Waals surface area contributed by atoms with E-state index < -0.39 is 0 Å². The first-order chi connectivity index (χ1) is 11.0. The van der Waals surface area contributed by atoms with Gasteiger partial charge in [-0.25, -0.2) is 4.99 Å². The zero-order valence-electron chi connectivity index (χ0n) is 14.4. The number of rotatable bonds is 7. The molecule has 1 aliphatic rings. The van der Waals surface area contributed by atoms with Gasteiger partial charge in [0.05, 0.1) is 19.8 Å². The fourth-order valence-corrected chi connectivity index (χ4v) is 2.66. The van der Waals surface area contributed by atoms with Crippen molar-refractivity contribution in [1.29, 1.82) is 0 Å². The molecule has 0 saturated heterocycles. The van der Waals surface area contributed by atoms with Crippen molar-refractivity contribution in [3.05, 3.63) is 23.3 Å². The molecule has 2 rings (SSSR count). The van der Waals surface area contributed by atoms with Gasteiger partial charge in [0.2, 0.25) is 0 Å². The smallest absolute Gasteiger partial charge is 0.189 e. The third kappa shape index (κ3) is 4.76. The number of guanidine groups is 1. The molecule has 0 fully saturated rings. The summed E-state index contributed by atoms with van der Waals surface area (Å²) in [6, 6.07) is 4.18. The van der Waals surface area contributed by atoms with Gasteiger partial charge >= 0.3 is 0 Å². The second-order valence-corrected chi connectivity index (χ2v) is 5.84. The Balaban J connectivity index is 2.10. The Labute approximate surface area is 138 Å². The van der Waals surface area contributed by atoms with Gasteiger partial charge in [-0.3, -0.25) is 0 Å². The summed E-state index contributed by atoms with van der Waals surface area (Å²) in [7, 11) is 1.66. The molecule has 1 aromatic rings. The number of nitrogens with zero attached hydrogens (tertiary/aromatic N) is 1. The van der Waals surface area contributed by atoms with E-state index in [9.17, 15) is 0 Å². The number of ether oxygens (including phenoxy) is 3. The van der Waals surface area contributed by atoms with Crippen molar-refractivity contribution in [2.75, 3.05) is 20.3 Å². The average molecular weight is 321 g/mol. The predicted molar refractivity (Wildman–Crippen MR) is 91.2 cm³/mol. The number of methoxy groups -OCH3 is 1. The van der Waals surface area contributed by atoms with Crippen molar-refractivity contribution < 1.29 is 14.2 Å². The summed E-state index contributed by atoms with van der Waals surface area (Å²) in [5.41, 5.74) is 8.09. The molecule has 2 atom stereocenters. The number of nitrogens with two attached hydrogens (primary N) is 1. The lowest BCUT2D eigenvalue weighted by molar-refractivity contribution is 0.179. The summed E-state index contributed by atoms with van der Waals surface area (Å²) < 4.78 is 16.6. The van der Waals surface area contributed by atoms with Crippen LogP contribution in [0.2, 0.25) is 0 Å². The van der Waals surface area contributed by atoms with Gasteiger partial charge in [0.15, 0.2) is 5.96 Å². The molecule has 0 aromatic heterocycles. The summed E-state index contributed by atoms with van der Waals surface area (Å²) in [6.07, 6.45) is 1.12. The topological polar surface area (TPSA) is 78.1 Å². The average Bonchev–Trinajstić information content (AvgIpc) is 2.84. The second-order valence-electron chi connectivity index (χ2n) is 5.84. The second kappa shape index (κ2) is 8.06. The summed E-state index contributed by atoms with van der Waals surface area (Å²) in [5.74, 6) is 2.17. The Bertz CT molecular complexity index is 560. The minimum Gasteiger partial charge on any atom is -0.494 e. The third-order valence-corrected chi connectivity index (χ3v) is 3.61. The highest BCUT2D eigenvalue weighted by Gasteiger charge is 2.21. The van der Waals surface area contributed by atoms with Gasteiger partial charge < -0.3 is 25.3 Å². The fourth-order valence-electron chi connectivity index (χ4n) is 2.66. The Hall–Kier alpha value is -1.95. The molecule has 0 spiro atoms. The maximum atomic E-state index is 5.92. The van der Waals surface area contributed by atoms with Gasteiger partial charge in [-0.2, -0.15) is 0 Å². The molecular formula is C17H27N3O3. The first-order valence-electron chi connectivity index (χ1n) is 8.04. The van der Waals surface area contributed by atoms with Crippen molar-refractivity contribution in [1.82, 2.24) is 5.32 Å². The molecule has 23 heavy (non-hydrogen) atoms. The quantitative estimate of drug-likeness (QED) is 0.592. The lowest BCUT2D eigenvalue weighted by atomic mass is 10.1. The van der Waals surface area contributed by atoms with Gasteiger partial charge in [0, 0.05) is 30.7 Å². The fraction of sp³-hybridized carbons (Fsp3) is 0.588. The molecule has 3 N–H and O–H groups in total. The van der Waals surface area contributed by atoms with Crippen LogP contribution in [0.15, 0.2) is 17.1 Å². The van der Waals surface area contributed by atoms with E-state index in [-0.39, 0.29) is 12.1 Å². The SMILES string of the molecule is CCOc1cc2c(cc1CN=C(N)NC(C)COC)OC(C)C2. The van der Waals surface area contributed by atoms with Crippen LogP contribution in [-0.4, -0.2) is 38.4 Å². The van der Waals surface area contributed by atoms with Crippen LogP contribution in [0.3, 0.4) is 0 Å². The van der Waals surface area contributed by atoms with Gasteiger partial charge in [0.1, 0.15) is 17.6 Å². The van der Waals surface area contributed by atoms with Gasteiger partial charge in [-0.1, -0.05) is 0 Å². The third-order valence-electron chi connectivity index (χ3n) is 3.61. The van der Waals surface area contributed by atoms with E-state index in [1.54, 1.807) is 7.11 Å². The molecule has 0 saturated carbocycles. The van der Waals surface area contributed by atoms with Crippen LogP contribution in [0, 0.1) is 0 Å². The molecule has 1 aliphatic heterocycles. The van der Waals surface area contributed by atoms with Crippen molar-refractivity contribution >= 4 is 5.96 Å². The molecular weight excluding hydrogens is 294 g/mol. The first kappa shape index (κ1) is 17.4. The number of benzene rings is 1. The Kier molecular flexibility index (Phi) is 6.10. The van der Waals surface area contributed by atoms with Crippen LogP contribution < -0.4 is 20.5 Å². The monoisotopic (exact) mass is 321 g/mol. The van der Waals surface area contributed by atoms with Crippen molar-refractivity contribution in [3.63, 3.8) is 0 Å². The minimum atomic E-state index is 0.110. The highest BCUT2D eigenvalue weighted by atomic mass is 16.5. The van der Waals surface area contributed by atoms with E-state index in [2.05, 4.69) is 23.3 Å². The summed E-state index contributed by atoms with van der Waals surface area (Å²) in [5, 5.41) is 3.09. The van der Waals surface area contributed by atoms with Crippen molar-refractivity contribution in [2.24, 2.45) is 10.7 Å². The van der Waals surface area contributed by atoms with Crippen LogP contribution in [0.1, 0.15) is 31.9 Å². The standard InChI is InChI=1S/C17H27N3O3/c1-5-22-15-7-13-6-12(3)23-16(13)8-14(15)9-19-17(18)20-11(2)10-21-4/h7-8,11-12H,5-6,9-10H2,1-4H3,(H3,18,19,20). The highest BCUT2D eigenvalue weighted by molar-refractivity contribution is 5.78. The Morgan fingerprint density at radius 2 is 2.30 bits per heavy atom. The van der Waals surface area contributed by atoms with Crippen LogP contribution >= 0.6 is 0 Å². The number of hydrogen-bond acceptors (Lipinski definition) is 4. The number of aliphatic imine (C=N–C) groups is 1. The molecule has 0 aliphatic carbocycles. The van der Waals surface area contributed by atoms with E-state index in [1.165, 1.54) is 5.56 Å². The zero-order chi connectivity index (χ0) is 16.8. The number of fused-ring (bicyclic) bond motifs is 1. The van der Waals surface area contributed by atoms with Crippen molar-refractivity contribution in [3.8, 4) is 11.5 Å². The number of hydrogen-bond donors (Lipinski definition) is 2. The van der Waals surface area contributed by atoms with Gasteiger partial charge in [-0.15, -0.1) is 0 Å². The predicted octanol–water partition coefficient (Wildman–Crippen LogP) is 1.85. The van der Waals surface area contributed by atoms with E-state index in [1.807, 2.05) is 19.9 Å². The molecule has 0 amide bonds. The van der Waals surface area contributed by atoms with Gasteiger partial charge in [0.25, 0.3) is 0 Å². The number of nitrogens with one attached hydrogen (secondary N) is 1. The molecule has 128 valence electrons. The van der Waals surface area contributed by atoms with Crippen LogP contribution in [0.5, 0.6) is 11.5 Å². The Morgan fingerprint density at radius 3 is 3.00 bits per heavy atom. The van der Waals surface area contributed by atoms with E-state index in [4.69, 9.17) is 19.9 Å². The molecule has 0 bridgehead atoms. The normalized spacial score (nSPS) is 18.3. The molecule has 2 unspecified atom stereocenters. The van der Waals surface area contributed by atoms with Crippen molar-refractivity contribution in [2.45, 2.75) is 45.9 Å². The largest absolute Gasteiger partial charge is 0.494 e. The van der Waals surface area contributed by atoms with E-state index in [0.717, 1.165) is 23.5 Å². The molecule has 1 aromatic carbocycles. The van der Waals surface area contributed by atoms with Crippen LogP contribution in [0.25, 0.3) is 0 Å². The molecule has 6 nitrogen and oxygen atoms in total. The Morgan fingerprint density at radius 1 is 1.52 bits per heavy atom. The summed E-state index contributed by atoms with van der Waals surface area (Å²) in [4.78, 5) is 4.40. The van der Waals surface area contributed by atoms with E-state index >= 15 is 0 Å². The maximum absolute atomic E-state index is 5.92. The van der Waals surface area contributed by atoms with E-state index in [0.29, 0.717) is 25.7 Å². The first-order valence-corrected chi connectivity index (χ1v) is 8.04. The van der Waals surface area contributed by atoms with Crippen LogP contribution in [0.4, 0.5) is 0 Å². The minimum absolute atomic E-state index is 0.110. The van der Waals surface area contributed by atoms with Gasteiger partial charge in [-0.05, 0) is 32.9 Å². The lowest BCUT2D eigenvalue weighted by Crippen LogP contribution is -2.40. The zero-order valence-corrected chi connectivity index (χ0v) is 14.4. The highest BCUT2D eigenvalue weighted by Crippen LogP contribution is 2.35. The maximum Gasteiger partial charge on any atom is 0.189 e. The molecule has 1 heterocycles. The lowest BCUT2D eigenvalue weighted by Gasteiger charge is -2.14.